The van der Waals surface area contributed by atoms with E-state index in [2.05, 4.69) is 42.7 Å². The average Bonchev–Trinajstić information content (AvgIpc) is 3.80. The molecule has 4 N–H and O–H groups in total. The Morgan fingerprint density at radius 2 is 1.79 bits per heavy atom. The Balaban J connectivity index is 0.953. The molecule has 3 aromatic heterocycles. The number of hydrogen-bond acceptors (Lipinski definition) is 11. The Morgan fingerprint density at radius 3 is 2.62 bits per heavy atom. The van der Waals surface area contributed by atoms with Gasteiger partial charge in [0.2, 0.25) is 11.8 Å². The lowest BCUT2D eigenvalue weighted by molar-refractivity contribution is 0.0322. The molecule has 0 spiro atoms. The molecular weight excluding hydrogens is 715 g/mol. The van der Waals surface area contributed by atoms with E-state index in [1.54, 1.807) is 47.3 Å². The molecule has 0 bridgehead atoms. The number of aromatic nitrogens is 5. The molecule has 8 rings (SSSR count). The maximum absolute atomic E-state index is 13.6. The van der Waals surface area contributed by atoms with E-state index in [-0.39, 0.29) is 0 Å². The van der Waals surface area contributed by atoms with Crippen LogP contribution in [0.5, 0.6) is 17.4 Å². The van der Waals surface area contributed by atoms with Crippen LogP contribution in [0.1, 0.15) is 25.5 Å². The first-order chi connectivity index (χ1) is 27.5. The van der Waals surface area contributed by atoms with Gasteiger partial charge in [-0.05, 0) is 61.4 Å². The van der Waals surface area contributed by atoms with Gasteiger partial charge in [0.15, 0.2) is 5.58 Å². The number of hydrogen-bond donors (Lipinski definition) is 4. The summed E-state index contributed by atoms with van der Waals surface area (Å²) in [5, 5.41) is 15.5. The summed E-state index contributed by atoms with van der Waals surface area (Å²) in [6.07, 6.45) is 4.39. The van der Waals surface area contributed by atoms with Gasteiger partial charge in [-0.1, -0.05) is 37.6 Å². The molecule has 7 aromatic rings. The Morgan fingerprint density at radius 1 is 0.946 bits per heavy atom. The molecule has 1 aliphatic heterocycles. The zero-order valence-corrected chi connectivity index (χ0v) is 30.8. The number of oxazole rings is 1. The number of anilines is 4. The fourth-order valence-electron chi connectivity index (χ4n) is 6.46. The summed E-state index contributed by atoms with van der Waals surface area (Å²) in [6.45, 7) is 6.93. The van der Waals surface area contributed by atoms with Crippen LogP contribution in [0.2, 0.25) is 0 Å². The van der Waals surface area contributed by atoms with Crippen molar-refractivity contribution in [3.05, 3.63) is 113 Å². The van der Waals surface area contributed by atoms with Crippen molar-refractivity contribution in [3.63, 3.8) is 0 Å². The average molecular weight is 756 g/mol. The van der Waals surface area contributed by atoms with Crippen LogP contribution >= 0.6 is 0 Å². The Hall–Kier alpha value is -6.71. The molecule has 15 nitrogen and oxygen atoms in total. The zero-order valence-electron chi connectivity index (χ0n) is 30.8. The van der Waals surface area contributed by atoms with Crippen molar-refractivity contribution in [2.75, 3.05) is 55.4 Å². The molecule has 4 heterocycles. The number of urea groups is 1. The van der Waals surface area contributed by atoms with Crippen molar-refractivity contribution in [1.82, 2.24) is 29.6 Å². The van der Waals surface area contributed by atoms with E-state index in [0.717, 1.165) is 80.0 Å². The van der Waals surface area contributed by atoms with Crippen molar-refractivity contribution >= 4 is 51.0 Å². The molecule has 0 unspecified atom stereocenters. The normalized spacial score (nSPS) is 13.2. The highest BCUT2D eigenvalue weighted by Gasteiger charge is 2.16. The highest BCUT2D eigenvalue weighted by Crippen LogP contribution is 2.34. The number of rotatable bonds is 14. The first-order valence-corrected chi connectivity index (χ1v) is 18.6. The number of morpholine rings is 1. The van der Waals surface area contributed by atoms with Gasteiger partial charge in [0.25, 0.3) is 0 Å². The molecule has 1 aliphatic rings. The van der Waals surface area contributed by atoms with Crippen LogP contribution < -0.4 is 31.2 Å². The third kappa shape index (κ3) is 8.64. The molecule has 0 saturated carbocycles. The van der Waals surface area contributed by atoms with E-state index in [4.69, 9.17) is 23.7 Å². The SMILES string of the molecule is CCCCc1cc(NC(=O)Nc2ccc(Oc3ccnc(Nc4ccc5[nH]c(=O)oc5c4)n3)c3ccccc23)n(-c2ccc(OCCN3CCOCC3)cc2)n1. The second-order valence-corrected chi connectivity index (χ2v) is 13.2. The molecule has 0 atom stereocenters. The van der Waals surface area contributed by atoms with Gasteiger partial charge in [0, 0.05) is 60.5 Å². The summed E-state index contributed by atoms with van der Waals surface area (Å²) in [7, 11) is 0. The van der Waals surface area contributed by atoms with Gasteiger partial charge in [-0.3, -0.25) is 15.2 Å². The number of unbranched alkanes of at least 4 members (excludes halogenated alkanes) is 1. The lowest BCUT2D eigenvalue weighted by atomic mass is 10.1. The predicted octanol–water partition coefficient (Wildman–Crippen LogP) is 7.48. The van der Waals surface area contributed by atoms with Crippen molar-refractivity contribution in [2.24, 2.45) is 0 Å². The van der Waals surface area contributed by atoms with E-state index in [1.165, 1.54) is 0 Å². The predicted molar refractivity (Wildman–Crippen MR) is 214 cm³/mol. The molecule has 1 saturated heterocycles. The quantitative estimate of drug-likeness (QED) is 0.0867. The van der Waals surface area contributed by atoms with Crippen LogP contribution in [0.15, 0.2) is 106 Å². The smallest absolute Gasteiger partial charge is 0.417 e. The van der Waals surface area contributed by atoms with Gasteiger partial charge in [-0.2, -0.15) is 10.1 Å². The molecule has 4 aromatic carbocycles. The molecule has 56 heavy (non-hydrogen) atoms. The van der Waals surface area contributed by atoms with Crippen LogP contribution in [-0.2, 0) is 11.2 Å². The van der Waals surface area contributed by atoms with Crippen molar-refractivity contribution < 1.29 is 23.4 Å². The first-order valence-electron chi connectivity index (χ1n) is 18.6. The van der Waals surface area contributed by atoms with Crippen molar-refractivity contribution in [3.8, 4) is 23.1 Å². The fraction of sp³-hybridized carbons (Fsp3) is 0.244. The van der Waals surface area contributed by atoms with Gasteiger partial charge in [-0.15, -0.1) is 0 Å². The van der Waals surface area contributed by atoms with Gasteiger partial charge in [0.1, 0.15) is 23.9 Å². The van der Waals surface area contributed by atoms with Crippen molar-refractivity contribution in [1.29, 1.82) is 0 Å². The summed E-state index contributed by atoms with van der Waals surface area (Å²) >= 11 is 0. The maximum Gasteiger partial charge on any atom is 0.417 e. The molecule has 1 fully saturated rings. The number of aryl methyl sites for hydroxylation is 1. The van der Waals surface area contributed by atoms with Gasteiger partial charge in [0.05, 0.1) is 35.8 Å². The van der Waals surface area contributed by atoms with Crippen LogP contribution in [0, 0.1) is 0 Å². The van der Waals surface area contributed by atoms with Gasteiger partial charge >= 0.3 is 11.8 Å². The minimum absolute atomic E-state index is 0.292. The first kappa shape index (κ1) is 36.3. The lowest BCUT2D eigenvalue weighted by Gasteiger charge is -2.26. The molecule has 2 amide bonds. The molecule has 15 heteroatoms. The number of amides is 2. The third-order valence-corrected chi connectivity index (χ3v) is 9.30. The molecular formula is C41H41N9O6. The zero-order chi connectivity index (χ0) is 38.3. The van der Waals surface area contributed by atoms with E-state index in [0.29, 0.717) is 52.5 Å². The second-order valence-electron chi connectivity index (χ2n) is 13.2. The van der Waals surface area contributed by atoms with Crippen LogP contribution in [0.4, 0.5) is 27.9 Å². The van der Waals surface area contributed by atoms with E-state index in [9.17, 15) is 9.59 Å². The minimum atomic E-state index is -0.527. The number of ether oxygens (including phenoxy) is 3. The van der Waals surface area contributed by atoms with E-state index < -0.39 is 11.8 Å². The number of benzene rings is 4. The minimum Gasteiger partial charge on any atom is -0.492 e. The number of aromatic amines is 1. The largest absolute Gasteiger partial charge is 0.492 e. The number of carbonyl (C=O) groups excluding carboxylic acids is 1. The monoisotopic (exact) mass is 755 g/mol. The van der Waals surface area contributed by atoms with Crippen LogP contribution in [0.25, 0.3) is 27.6 Å². The molecule has 0 aliphatic carbocycles. The summed E-state index contributed by atoms with van der Waals surface area (Å²) in [5.74, 6) is 1.93. The highest BCUT2D eigenvalue weighted by atomic mass is 16.5. The summed E-state index contributed by atoms with van der Waals surface area (Å²) in [4.78, 5) is 38.9. The highest BCUT2D eigenvalue weighted by molar-refractivity contribution is 6.07. The van der Waals surface area contributed by atoms with Crippen LogP contribution in [-0.4, -0.2) is 75.1 Å². The van der Waals surface area contributed by atoms with Crippen molar-refractivity contribution in [2.45, 2.75) is 26.2 Å². The third-order valence-electron chi connectivity index (χ3n) is 9.30. The Kier molecular flexibility index (Phi) is 10.9. The second kappa shape index (κ2) is 16.8. The van der Waals surface area contributed by atoms with Gasteiger partial charge in [-0.25, -0.2) is 19.3 Å². The topological polar surface area (TPSA) is 174 Å². The number of H-pyrrole nitrogens is 1. The van der Waals surface area contributed by atoms with Crippen LogP contribution in [0.3, 0.4) is 0 Å². The maximum atomic E-state index is 13.6. The summed E-state index contributed by atoms with van der Waals surface area (Å²) in [6, 6.07) is 27.3. The summed E-state index contributed by atoms with van der Waals surface area (Å²) < 4.78 is 24.6. The Bertz CT molecular complexity index is 2510. The number of carbonyl (C=O) groups is 1. The van der Waals surface area contributed by atoms with E-state index >= 15 is 0 Å². The fourth-order valence-corrected chi connectivity index (χ4v) is 6.46. The number of nitrogens with one attached hydrogen (secondary N) is 4. The summed E-state index contributed by atoms with van der Waals surface area (Å²) in [5.41, 5.74) is 3.92. The number of nitrogens with zero attached hydrogens (tertiary/aromatic N) is 5. The number of fused-ring (bicyclic) bond motifs is 2. The standard InChI is InChI=1S/C41H41N9O6/c1-2-3-6-28-26-37(50(48-28)29-10-12-30(13-11-29)54-24-21-49-19-22-53-23-20-49)46-40(51)44-33-15-16-35(32-8-5-4-7-31(32)33)55-38-17-18-42-39(47-38)43-27-9-14-34-36(25-27)56-41(52)45-34/h4-5,7-18,25-26H,2-3,6,19-24H2,1H3,(H,45,52)(H,42,43,47)(H2,44,46,51). The van der Waals surface area contributed by atoms with Gasteiger partial charge < -0.3 is 29.3 Å². The molecule has 286 valence electrons. The molecule has 0 radical (unpaired) electrons. The lowest BCUT2D eigenvalue weighted by Crippen LogP contribution is -2.38. The van der Waals surface area contributed by atoms with E-state index in [1.807, 2.05) is 54.6 Å². The Labute approximate surface area is 321 Å².